The van der Waals surface area contributed by atoms with Gasteiger partial charge >= 0.3 is 0 Å². The number of nitrogens with one attached hydrogen (secondary N) is 1. The molecule has 0 bridgehead atoms. The number of hydrogen-bond acceptors (Lipinski definition) is 2. The minimum Gasteiger partial charge on any atom is -0.393 e. The smallest absolute Gasteiger partial charge is 0.123 e. The van der Waals surface area contributed by atoms with Crippen molar-refractivity contribution in [3.63, 3.8) is 0 Å². The summed E-state index contributed by atoms with van der Waals surface area (Å²) in [4.78, 5) is 0. The minimum absolute atomic E-state index is 0.203. The number of aliphatic hydroxyl groups is 1. The Morgan fingerprint density at radius 3 is 3.07 bits per heavy atom. The minimum atomic E-state index is -0.255. The molecular formula is C12H16FNO. The van der Waals surface area contributed by atoms with Crippen molar-refractivity contribution in [3.8, 4) is 0 Å². The van der Waals surface area contributed by atoms with Gasteiger partial charge in [0.05, 0.1) is 6.10 Å². The highest BCUT2D eigenvalue weighted by atomic mass is 19.1. The highest BCUT2D eigenvalue weighted by molar-refractivity contribution is 5.17. The molecule has 15 heavy (non-hydrogen) atoms. The van der Waals surface area contributed by atoms with Crippen LogP contribution >= 0.6 is 0 Å². The fraction of sp³-hybridized carbons (Fsp3) is 0.500. The highest BCUT2D eigenvalue weighted by Gasteiger charge is 2.22. The Hall–Kier alpha value is -0.930. The van der Waals surface area contributed by atoms with Crippen molar-refractivity contribution in [2.45, 2.75) is 18.9 Å². The predicted molar refractivity (Wildman–Crippen MR) is 57.1 cm³/mol. The van der Waals surface area contributed by atoms with E-state index < -0.39 is 0 Å². The predicted octanol–water partition coefficient (Wildman–Crippen LogP) is 1.34. The number of rotatable bonds is 2. The molecule has 0 radical (unpaired) electrons. The third-order valence-electron chi connectivity index (χ3n) is 2.95. The second kappa shape index (κ2) is 4.73. The van der Waals surface area contributed by atoms with Crippen LogP contribution in [0.15, 0.2) is 24.3 Å². The van der Waals surface area contributed by atoms with Crippen molar-refractivity contribution >= 4 is 0 Å². The molecule has 1 aliphatic heterocycles. The largest absolute Gasteiger partial charge is 0.393 e. The summed E-state index contributed by atoms with van der Waals surface area (Å²) < 4.78 is 12.9. The van der Waals surface area contributed by atoms with Crippen molar-refractivity contribution in [3.05, 3.63) is 35.6 Å². The van der Waals surface area contributed by atoms with Crippen LogP contribution in [0.1, 0.15) is 12.0 Å². The van der Waals surface area contributed by atoms with E-state index in [1.54, 1.807) is 12.1 Å². The summed E-state index contributed by atoms with van der Waals surface area (Å²) in [5.41, 5.74) is 0.961. The molecule has 3 heteroatoms. The number of hydrogen-bond donors (Lipinski definition) is 2. The molecular weight excluding hydrogens is 193 g/mol. The van der Waals surface area contributed by atoms with E-state index in [0.717, 1.165) is 31.5 Å². The standard InChI is InChI=1S/C12H16FNO/c13-11-3-1-2-9(7-11)6-10-8-14-5-4-12(10)15/h1-3,7,10,12,14-15H,4-6,8H2/t10-,12+/m1/s1. The molecule has 82 valence electrons. The average Bonchev–Trinajstić information content (AvgIpc) is 2.22. The summed E-state index contributed by atoms with van der Waals surface area (Å²) in [6, 6.07) is 6.61. The van der Waals surface area contributed by atoms with E-state index in [2.05, 4.69) is 5.32 Å². The lowest BCUT2D eigenvalue weighted by Crippen LogP contribution is -2.40. The van der Waals surface area contributed by atoms with E-state index in [4.69, 9.17) is 0 Å². The summed E-state index contributed by atoms with van der Waals surface area (Å²) >= 11 is 0. The topological polar surface area (TPSA) is 32.3 Å². The normalized spacial score (nSPS) is 26.5. The Kier molecular flexibility index (Phi) is 3.34. The lowest BCUT2D eigenvalue weighted by atomic mass is 9.90. The third-order valence-corrected chi connectivity index (χ3v) is 2.95. The average molecular weight is 209 g/mol. The van der Waals surface area contributed by atoms with Gasteiger partial charge in [-0.05, 0) is 37.1 Å². The van der Waals surface area contributed by atoms with Gasteiger partial charge in [-0.15, -0.1) is 0 Å². The van der Waals surface area contributed by atoms with Gasteiger partial charge < -0.3 is 10.4 Å². The SMILES string of the molecule is O[C@H]1CCNC[C@H]1Cc1cccc(F)c1. The van der Waals surface area contributed by atoms with E-state index >= 15 is 0 Å². The highest BCUT2D eigenvalue weighted by Crippen LogP contribution is 2.17. The molecule has 2 N–H and O–H groups in total. The van der Waals surface area contributed by atoms with Crippen LogP contribution in [0.2, 0.25) is 0 Å². The molecule has 0 saturated carbocycles. The number of benzene rings is 1. The zero-order chi connectivity index (χ0) is 10.7. The lowest BCUT2D eigenvalue weighted by molar-refractivity contribution is 0.0791. The number of piperidine rings is 1. The maximum Gasteiger partial charge on any atom is 0.123 e. The molecule has 1 heterocycles. The fourth-order valence-electron chi connectivity index (χ4n) is 2.08. The molecule has 0 aromatic heterocycles. The van der Waals surface area contributed by atoms with Crippen molar-refractivity contribution in [1.82, 2.24) is 5.32 Å². The zero-order valence-corrected chi connectivity index (χ0v) is 8.62. The quantitative estimate of drug-likeness (QED) is 0.770. The van der Waals surface area contributed by atoms with Crippen molar-refractivity contribution in [2.75, 3.05) is 13.1 Å². The first-order chi connectivity index (χ1) is 7.25. The molecule has 1 aromatic rings. The molecule has 0 amide bonds. The van der Waals surface area contributed by atoms with Crippen LogP contribution in [0.4, 0.5) is 4.39 Å². The van der Waals surface area contributed by atoms with Crippen molar-refractivity contribution < 1.29 is 9.50 Å². The first kappa shape index (κ1) is 10.6. The monoisotopic (exact) mass is 209 g/mol. The van der Waals surface area contributed by atoms with Gasteiger partial charge in [0, 0.05) is 12.5 Å². The maximum absolute atomic E-state index is 12.9. The van der Waals surface area contributed by atoms with Gasteiger partial charge in [-0.2, -0.15) is 0 Å². The second-order valence-electron chi connectivity index (χ2n) is 4.15. The molecule has 1 aliphatic rings. The van der Waals surface area contributed by atoms with Gasteiger partial charge in [0.2, 0.25) is 0 Å². The fourth-order valence-corrected chi connectivity index (χ4v) is 2.08. The Balaban J connectivity index is 2.01. The van der Waals surface area contributed by atoms with Crippen LogP contribution in [0.3, 0.4) is 0 Å². The van der Waals surface area contributed by atoms with Gasteiger partial charge in [-0.25, -0.2) is 4.39 Å². The summed E-state index contributed by atoms with van der Waals surface area (Å²) in [6.07, 6.45) is 1.28. The summed E-state index contributed by atoms with van der Waals surface area (Å²) in [5.74, 6) is 0.00584. The van der Waals surface area contributed by atoms with Crippen LogP contribution in [0, 0.1) is 11.7 Å². The molecule has 2 atom stereocenters. The molecule has 1 fully saturated rings. The van der Waals surface area contributed by atoms with Crippen LogP contribution in [0.5, 0.6) is 0 Å². The van der Waals surface area contributed by atoms with Crippen molar-refractivity contribution in [2.24, 2.45) is 5.92 Å². The summed E-state index contributed by atoms with van der Waals surface area (Å²) in [7, 11) is 0. The molecule has 2 nitrogen and oxygen atoms in total. The second-order valence-corrected chi connectivity index (χ2v) is 4.15. The molecule has 0 unspecified atom stereocenters. The first-order valence-electron chi connectivity index (χ1n) is 5.39. The Bertz CT molecular complexity index is 329. The van der Waals surface area contributed by atoms with Crippen molar-refractivity contribution in [1.29, 1.82) is 0 Å². The van der Waals surface area contributed by atoms with Gasteiger partial charge in [0.25, 0.3) is 0 Å². The lowest BCUT2D eigenvalue weighted by Gasteiger charge is -2.28. The number of aliphatic hydroxyl groups excluding tert-OH is 1. The Morgan fingerprint density at radius 1 is 1.47 bits per heavy atom. The molecule has 1 aromatic carbocycles. The zero-order valence-electron chi connectivity index (χ0n) is 8.62. The molecule has 0 spiro atoms. The van der Waals surface area contributed by atoms with Gasteiger partial charge in [-0.3, -0.25) is 0 Å². The summed E-state index contributed by atoms with van der Waals surface area (Å²) in [6.45, 7) is 1.69. The van der Waals surface area contributed by atoms with Gasteiger partial charge in [0.15, 0.2) is 0 Å². The Labute approximate surface area is 89.1 Å². The van der Waals surface area contributed by atoms with Crippen LogP contribution in [-0.2, 0) is 6.42 Å². The maximum atomic E-state index is 12.9. The van der Waals surface area contributed by atoms with Crippen LogP contribution < -0.4 is 5.32 Å². The number of halogens is 1. The molecule has 0 aliphatic carbocycles. The summed E-state index contributed by atoms with van der Waals surface area (Å²) in [5, 5.41) is 13.0. The van der Waals surface area contributed by atoms with E-state index in [-0.39, 0.29) is 17.8 Å². The molecule has 1 saturated heterocycles. The van der Waals surface area contributed by atoms with Gasteiger partial charge in [-0.1, -0.05) is 12.1 Å². The van der Waals surface area contributed by atoms with E-state index in [1.165, 1.54) is 6.07 Å². The molecule has 2 rings (SSSR count). The van der Waals surface area contributed by atoms with E-state index in [1.807, 2.05) is 6.07 Å². The first-order valence-corrected chi connectivity index (χ1v) is 5.39. The van der Waals surface area contributed by atoms with Gasteiger partial charge in [0.1, 0.15) is 5.82 Å². The van der Waals surface area contributed by atoms with E-state index in [9.17, 15) is 9.50 Å². The van der Waals surface area contributed by atoms with E-state index in [0.29, 0.717) is 0 Å². The van der Waals surface area contributed by atoms with Crippen LogP contribution in [0.25, 0.3) is 0 Å². The van der Waals surface area contributed by atoms with Crippen LogP contribution in [-0.4, -0.2) is 24.3 Å². The third kappa shape index (κ3) is 2.76. The Morgan fingerprint density at radius 2 is 2.33 bits per heavy atom.